The third-order valence-corrected chi connectivity index (χ3v) is 6.49. The Morgan fingerprint density at radius 3 is 2.68 bits per heavy atom. The fourth-order valence-electron chi connectivity index (χ4n) is 4.69. The molecule has 0 saturated carbocycles. The lowest BCUT2D eigenvalue weighted by Gasteiger charge is -2.22. The van der Waals surface area contributed by atoms with Gasteiger partial charge in [-0.3, -0.25) is 13.9 Å². The number of hydrogen-bond donors (Lipinski definition) is 2. The molecule has 0 atom stereocenters. The van der Waals surface area contributed by atoms with Crippen molar-refractivity contribution >= 4 is 11.6 Å². The zero-order valence-corrected chi connectivity index (χ0v) is 20.6. The van der Waals surface area contributed by atoms with E-state index in [1.54, 1.807) is 19.2 Å². The van der Waals surface area contributed by atoms with E-state index >= 15 is 0 Å². The predicted octanol–water partition coefficient (Wildman–Crippen LogP) is 4.15. The second kappa shape index (κ2) is 10.6. The number of aromatic nitrogens is 4. The topological polar surface area (TPSA) is 94.7 Å². The number of methoxy groups -OCH3 is 1. The Hall–Kier alpha value is -3.99. The van der Waals surface area contributed by atoms with E-state index in [9.17, 15) is 13.6 Å². The molecule has 1 saturated heterocycles. The van der Waals surface area contributed by atoms with E-state index in [4.69, 9.17) is 9.47 Å². The average Bonchev–Trinajstić information content (AvgIpc) is 3.56. The SMILES string of the molecule is CCNC(=O)c1c(OC)cc(-c2cnc3cc(-c4cnn(C5CCNCC5)c4)ccn23)cc1OC(F)F. The van der Waals surface area contributed by atoms with Crippen molar-refractivity contribution in [3.8, 4) is 33.9 Å². The van der Waals surface area contributed by atoms with Crippen LogP contribution in [0.4, 0.5) is 8.78 Å². The number of carbonyl (C=O) groups is 1. The van der Waals surface area contributed by atoms with Crippen LogP contribution >= 0.6 is 0 Å². The number of amides is 1. The van der Waals surface area contributed by atoms with Crippen LogP contribution in [0.3, 0.4) is 0 Å². The van der Waals surface area contributed by atoms with Gasteiger partial charge in [-0.2, -0.15) is 13.9 Å². The van der Waals surface area contributed by atoms with Gasteiger partial charge in [0.2, 0.25) is 0 Å². The molecular weight excluding hydrogens is 482 g/mol. The Morgan fingerprint density at radius 2 is 1.95 bits per heavy atom. The van der Waals surface area contributed by atoms with Crippen molar-refractivity contribution in [3.63, 3.8) is 0 Å². The number of nitrogens with one attached hydrogen (secondary N) is 2. The van der Waals surface area contributed by atoms with Crippen LogP contribution in [0.5, 0.6) is 11.5 Å². The van der Waals surface area contributed by atoms with Crippen LogP contribution in [0, 0.1) is 0 Å². The van der Waals surface area contributed by atoms with E-state index in [2.05, 4.69) is 26.9 Å². The number of imidazole rings is 1. The highest BCUT2D eigenvalue weighted by Gasteiger charge is 2.24. The molecule has 1 aromatic carbocycles. The molecule has 0 aliphatic carbocycles. The molecule has 5 rings (SSSR count). The lowest BCUT2D eigenvalue weighted by Crippen LogP contribution is -2.29. The Kier molecular flexibility index (Phi) is 7.04. The summed E-state index contributed by atoms with van der Waals surface area (Å²) >= 11 is 0. The van der Waals surface area contributed by atoms with Gasteiger partial charge in [-0.1, -0.05) is 0 Å². The van der Waals surface area contributed by atoms with Crippen LogP contribution < -0.4 is 20.1 Å². The first-order chi connectivity index (χ1) is 18.0. The molecular formula is C26H28F2N6O3. The van der Waals surface area contributed by atoms with Gasteiger partial charge in [0.15, 0.2) is 0 Å². The molecule has 4 aromatic rings. The summed E-state index contributed by atoms with van der Waals surface area (Å²) in [5.41, 5.74) is 3.69. The Labute approximate surface area is 212 Å². The summed E-state index contributed by atoms with van der Waals surface area (Å²) < 4.78 is 40.4. The summed E-state index contributed by atoms with van der Waals surface area (Å²) in [5, 5.41) is 10.6. The van der Waals surface area contributed by atoms with Crippen molar-refractivity contribution in [1.82, 2.24) is 29.8 Å². The molecule has 1 amide bonds. The molecule has 194 valence electrons. The van der Waals surface area contributed by atoms with E-state index in [1.807, 2.05) is 33.6 Å². The third-order valence-electron chi connectivity index (χ3n) is 6.49. The maximum absolute atomic E-state index is 13.2. The van der Waals surface area contributed by atoms with Crippen molar-refractivity contribution in [1.29, 1.82) is 0 Å². The second-order valence-corrected chi connectivity index (χ2v) is 8.77. The first kappa shape index (κ1) is 24.7. The highest BCUT2D eigenvalue weighted by atomic mass is 19.3. The molecule has 1 aliphatic rings. The molecule has 1 fully saturated rings. The van der Waals surface area contributed by atoms with Crippen molar-refractivity contribution in [3.05, 3.63) is 54.6 Å². The number of rotatable bonds is 8. The van der Waals surface area contributed by atoms with Gasteiger partial charge in [-0.05, 0) is 62.7 Å². The maximum atomic E-state index is 13.2. The summed E-state index contributed by atoms with van der Waals surface area (Å²) in [7, 11) is 1.37. The molecule has 11 heteroatoms. The number of benzene rings is 1. The summed E-state index contributed by atoms with van der Waals surface area (Å²) in [6.07, 6.45) is 9.52. The summed E-state index contributed by atoms with van der Waals surface area (Å²) in [6, 6.07) is 7.31. The summed E-state index contributed by atoms with van der Waals surface area (Å²) in [5.74, 6) is -0.711. The first-order valence-corrected chi connectivity index (χ1v) is 12.2. The largest absolute Gasteiger partial charge is 0.496 e. The number of pyridine rings is 1. The Morgan fingerprint density at radius 1 is 1.16 bits per heavy atom. The number of nitrogens with zero attached hydrogens (tertiary/aromatic N) is 4. The van der Waals surface area contributed by atoms with Crippen LogP contribution in [-0.4, -0.2) is 58.4 Å². The van der Waals surface area contributed by atoms with Gasteiger partial charge in [-0.25, -0.2) is 4.98 Å². The van der Waals surface area contributed by atoms with Crippen LogP contribution in [0.25, 0.3) is 28.0 Å². The van der Waals surface area contributed by atoms with Gasteiger partial charge in [0.1, 0.15) is 22.7 Å². The average molecular weight is 511 g/mol. The normalized spacial score (nSPS) is 14.3. The number of ether oxygens (including phenoxy) is 2. The standard InChI is InChI=1S/C26H28F2N6O3/c1-3-30-25(35)24-21(36-2)10-17(11-22(24)37-26(27)28)20-14-31-23-12-16(6-9-33(20)23)18-13-32-34(15-18)19-4-7-29-8-5-19/h6,9-15,19,26,29H,3-5,7-8H2,1-2H3,(H,30,35). The van der Waals surface area contributed by atoms with E-state index in [0.717, 1.165) is 37.1 Å². The van der Waals surface area contributed by atoms with Gasteiger partial charge < -0.3 is 20.1 Å². The lowest BCUT2D eigenvalue weighted by atomic mass is 10.1. The van der Waals surface area contributed by atoms with Crippen LogP contribution in [-0.2, 0) is 0 Å². The minimum atomic E-state index is -3.11. The maximum Gasteiger partial charge on any atom is 0.387 e. The highest BCUT2D eigenvalue weighted by molar-refractivity contribution is 6.00. The molecule has 2 N–H and O–H groups in total. The molecule has 9 nitrogen and oxygen atoms in total. The number of piperidine rings is 1. The number of halogens is 2. The lowest BCUT2D eigenvalue weighted by molar-refractivity contribution is -0.0502. The second-order valence-electron chi connectivity index (χ2n) is 8.77. The number of hydrogen-bond acceptors (Lipinski definition) is 6. The minimum Gasteiger partial charge on any atom is -0.496 e. The van der Waals surface area contributed by atoms with Gasteiger partial charge >= 0.3 is 6.61 Å². The first-order valence-electron chi connectivity index (χ1n) is 12.2. The Balaban J connectivity index is 1.51. The van der Waals surface area contributed by atoms with Crippen molar-refractivity contribution < 1.29 is 23.0 Å². The monoisotopic (exact) mass is 510 g/mol. The molecule has 0 bridgehead atoms. The molecule has 3 aromatic heterocycles. The number of alkyl halides is 2. The molecule has 37 heavy (non-hydrogen) atoms. The quantitative estimate of drug-likeness (QED) is 0.370. The number of fused-ring (bicyclic) bond motifs is 1. The van der Waals surface area contributed by atoms with Crippen molar-refractivity contribution in [2.45, 2.75) is 32.4 Å². The summed E-state index contributed by atoms with van der Waals surface area (Å²) in [4.78, 5) is 17.1. The van der Waals surface area contributed by atoms with Gasteiger partial charge in [0, 0.05) is 30.1 Å². The molecule has 4 heterocycles. The predicted molar refractivity (Wildman–Crippen MR) is 134 cm³/mol. The molecule has 0 radical (unpaired) electrons. The van der Waals surface area contributed by atoms with E-state index in [1.165, 1.54) is 13.2 Å². The van der Waals surface area contributed by atoms with Crippen LogP contribution in [0.1, 0.15) is 36.2 Å². The van der Waals surface area contributed by atoms with E-state index < -0.39 is 12.5 Å². The fraction of sp³-hybridized carbons (Fsp3) is 0.346. The van der Waals surface area contributed by atoms with E-state index in [0.29, 0.717) is 29.5 Å². The Bertz CT molecular complexity index is 1410. The van der Waals surface area contributed by atoms with Crippen molar-refractivity contribution in [2.24, 2.45) is 0 Å². The fourth-order valence-corrected chi connectivity index (χ4v) is 4.69. The molecule has 0 spiro atoms. The van der Waals surface area contributed by atoms with Crippen LogP contribution in [0.2, 0.25) is 0 Å². The summed E-state index contributed by atoms with van der Waals surface area (Å²) in [6.45, 7) is 0.925. The van der Waals surface area contributed by atoms with Gasteiger partial charge in [0.05, 0.1) is 31.2 Å². The van der Waals surface area contributed by atoms with E-state index in [-0.39, 0.29) is 17.1 Å². The van der Waals surface area contributed by atoms with Crippen LogP contribution in [0.15, 0.2) is 49.1 Å². The van der Waals surface area contributed by atoms with Gasteiger partial charge in [0.25, 0.3) is 5.91 Å². The van der Waals surface area contributed by atoms with Gasteiger partial charge in [-0.15, -0.1) is 0 Å². The smallest absolute Gasteiger partial charge is 0.387 e. The number of carbonyl (C=O) groups excluding carboxylic acids is 1. The zero-order chi connectivity index (χ0) is 25.9. The third kappa shape index (κ3) is 4.99. The molecule has 1 aliphatic heterocycles. The minimum absolute atomic E-state index is 0.0877. The zero-order valence-electron chi connectivity index (χ0n) is 20.6. The highest BCUT2D eigenvalue weighted by Crippen LogP contribution is 2.36. The molecule has 0 unspecified atom stereocenters. The van der Waals surface area contributed by atoms with Crippen molar-refractivity contribution in [2.75, 3.05) is 26.7 Å².